The summed E-state index contributed by atoms with van der Waals surface area (Å²) in [6, 6.07) is 4.68. The van der Waals surface area contributed by atoms with Gasteiger partial charge in [0.2, 0.25) is 0 Å². The Labute approximate surface area is 113 Å². The van der Waals surface area contributed by atoms with Gasteiger partial charge in [-0.1, -0.05) is 6.07 Å². The molecule has 0 radical (unpaired) electrons. The number of benzene rings is 1. The van der Waals surface area contributed by atoms with E-state index < -0.39 is 0 Å². The second kappa shape index (κ2) is 5.47. The van der Waals surface area contributed by atoms with E-state index in [2.05, 4.69) is 13.8 Å². The number of ether oxygens (including phenoxy) is 2. The highest BCUT2D eigenvalue weighted by Gasteiger charge is 2.32. The van der Waals surface area contributed by atoms with Crippen molar-refractivity contribution < 1.29 is 13.9 Å². The second-order valence-corrected chi connectivity index (χ2v) is 5.83. The largest absolute Gasteiger partial charge is 0.488 e. The average Bonchev–Trinajstić information content (AvgIpc) is 2.67. The molecule has 1 aliphatic heterocycles. The van der Waals surface area contributed by atoms with Crippen LogP contribution in [0.4, 0.5) is 4.39 Å². The predicted octanol–water partition coefficient (Wildman–Crippen LogP) is 3.18. The summed E-state index contributed by atoms with van der Waals surface area (Å²) in [5, 5.41) is 0. The summed E-state index contributed by atoms with van der Waals surface area (Å²) < 4.78 is 25.1. The van der Waals surface area contributed by atoms with Gasteiger partial charge in [0.05, 0.1) is 11.7 Å². The zero-order chi connectivity index (χ0) is 14.0. The summed E-state index contributed by atoms with van der Waals surface area (Å²) in [6.45, 7) is 6.33. The molecule has 1 aromatic rings. The van der Waals surface area contributed by atoms with Crippen molar-refractivity contribution in [2.75, 3.05) is 6.61 Å². The van der Waals surface area contributed by atoms with E-state index in [4.69, 9.17) is 15.2 Å². The molecule has 0 saturated carbocycles. The third-order valence-electron chi connectivity index (χ3n) is 3.46. The molecule has 2 N–H and O–H groups in total. The molecule has 1 unspecified atom stereocenters. The third-order valence-corrected chi connectivity index (χ3v) is 3.46. The molecule has 19 heavy (non-hydrogen) atoms. The molecule has 1 saturated heterocycles. The van der Waals surface area contributed by atoms with Crippen LogP contribution in [0, 0.1) is 5.82 Å². The van der Waals surface area contributed by atoms with Crippen LogP contribution in [0.5, 0.6) is 5.75 Å². The summed E-state index contributed by atoms with van der Waals surface area (Å²) in [5.74, 6) is -0.107. The van der Waals surface area contributed by atoms with Crippen LogP contribution in [-0.4, -0.2) is 18.3 Å². The summed E-state index contributed by atoms with van der Waals surface area (Å²) in [7, 11) is 0. The lowest BCUT2D eigenvalue weighted by Gasteiger charge is -2.19. The molecule has 2 atom stereocenters. The molecule has 4 heteroatoms. The summed E-state index contributed by atoms with van der Waals surface area (Å²) in [4.78, 5) is 0. The van der Waals surface area contributed by atoms with E-state index >= 15 is 0 Å². The van der Waals surface area contributed by atoms with Crippen molar-refractivity contribution in [3.63, 3.8) is 0 Å². The van der Waals surface area contributed by atoms with Crippen molar-refractivity contribution in [3.05, 3.63) is 29.6 Å². The fraction of sp³-hybridized carbons (Fsp3) is 0.600. The fourth-order valence-corrected chi connectivity index (χ4v) is 2.30. The van der Waals surface area contributed by atoms with Crippen LogP contribution in [0.2, 0.25) is 0 Å². The van der Waals surface area contributed by atoms with Crippen molar-refractivity contribution in [2.24, 2.45) is 5.73 Å². The molecule has 3 nitrogen and oxygen atoms in total. The Hall–Kier alpha value is -1.13. The molecule has 1 heterocycles. The molecular weight excluding hydrogens is 245 g/mol. The summed E-state index contributed by atoms with van der Waals surface area (Å²) in [5.41, 5.74) is 6.38. The van der Waals surface area contributed by atoms with Gasteiger partial charge in [-0.25, -0.2) is 4.39 Å². The number of hydrogen-bond donors (Lipinski definition) is 1. The molecule has 1 aromatic carbocycles. The minimum absolute atomic E-state index is 0.0440. The maximum atomic E-state index is 13.8. The van der Waals surface area contributed by atoms with Crippen molar-refractivity contribution in [2.45, 2.75) is 51.4 Å². The zero-order valence-electron chi connectivity index (χ0n) is 11.8. The Kier molecular flexibility index (Phi) is 4.11. The quantitative estimate of drug-likeness (QED) is 0.911. The molecule has 1 aliphatic rings. The van der Waals surface area contributed by atoms with E-state index in [0.29, 0.717) is 6.61 Å². The molecule has 2 rings (SSSR count). The third kappa shape index (κ3) is 3.67. The Balaban J connectivity index is 1.93. The van der Waals surface area contributed by atoms with Gasteiger partial charge in [-0.05, 0) is 51.3 Å². The first-order valence-electron chi connectivity index (χ1n) is 6.73. The molecule has 0 aromatic heterocycles. The number of rotatable bonds is 4. The van der Waals surface area contributed by atoms with Crippen molar-refractivity contribution in [1.82, 2.24) is 0 Å². The number of nitrogens with two attached hydrogens (primary N) is 1. The van der Waals surface area contributed by atoms with Crippen LogP contribution in [-0.2, 0) is 4.74 Å². The van der Waals surface area contributed by atoms with Gasteiger partial charge in [0, 0.05) is 6.04 Å². The van der Waals surface area contributed by atoms with E-state index in [9.17, 15) is 4.39 Å². The second-order valence-electron chi connectivity index (χ2n) is 5.83. The molecule has 1 fully saturated rings. The van der Waals surface area contributed by atoms with E-state index in [-0.39, 0.29) is 29.3 Å². The fourth-order valence-electron chi connectivity index (χ4n) is 2.30. The lowest BCUT2D eigenvalue weighted by Crippen LogP contribution is -2.24. The van der Waals surface area contributed by atoms with Crippen molar-refractivity contribution in [1.29, 1.82) is 0 Å². The lowest BCUT2D eigenvalue weighted by atomic mass is 10.1. The van der Waals surface area contributed by atoms with E-state index in [1.807, 2.05) is 6.92 Å². The van der Waals surface area contributed by atoms with Crippen molar-refractivity contribution >= 4 is 0 Å². The molecule has 0 amide bonds. The summed E-state index contributed by atoms with van der Waals surface area (Å²) in [6.07, 6.45) is 2.00. The van der Waals surface area contributed by atoms with Gasteiger partial charge >= 0.3 is 0 Å². The van der Waals surface area contributed by atoms with Crippen LogP contribution in [0.15, 0.2) is 18.2 Å². The monoisotopic (exact) mass is 267 g/mol. The van der Waals surface area contributed by atoms with Gasteiger partial charge in [-0.3, -0.25) is 0 Å². The standard InChI is InChI=1S/C15H22FNO2/c1-10(17)11-4-5-14(13(16)8-11)18-9-12-6-7-15(2,3)19-12/h4-5,8,10,12H,6-7,9,17H2,1-3H3/t10-,12?/m1/s1. The number of halogens is 1. The normalized spacial score (nSPS) is 23.3. The van der Waals surface area contributed by atoms with Crippen molar-refractivity contribution in [3.8, 4) is 5.75 Å². The summed E-state index contributed by atoms with van der Waals surface area (Å²) >= 11 is 0. The van der Waals surface area contributed by atoms with Gasteiger partial charge in [-0.15, -0.1) is 0 Å². The topological polar surface area (TPSA) is 44.5 Å². The van der Waals surface area contributed by atoms with Gasteiger partial charge in [-0.2, -0.15) is 0 Å². The Morgan fingerprint density at radius 3 is 2.79 bits per heavy atom. The predicted molar refractivity (Wildman–Crippen MR) is 72.7 cm³/mol. The van der Waals surface area contributed by atoms with Crippen LogP contribution >= 0.6 is 0 Å². The van der Waals surface area contributed by atoms with Gasteiger partial charge in [0.1, 0.15) is 6.61 Å². The number of hydrogen-bond acceptors (Lipinski definition) is 3. The van der Waals surface area contributed by atoms with E-state index in [0.717, 1.165) is 18.4 Å². The lowest BCUT2D eigenvalue weighted by molar-refractivity contribution is -0.0330. The smallest absolute Gasteiger partial charge is 0.165 e. The molecule has 0 bridgehead atoms. The van der Waals surface area contributed by atoms with E-state index in [1.54, 1.807) is 12.1 Å². The SMILES string of the molecule is C[C@@H](N)c1ccc(OCC2CCC(C)(C)O2)c(F)c1. The Morgan fingerprint density at radius 1 is 1.53 bits per heavy atom. The Morgan fingerprint density at radius 2 is 2.26 bits per heavy atom. The van der Waals surface area contributed by atoms with Crippen LogP contribution in [0.3, 0.4) is 0 Å². The minimum Gasteiger partial charge on any atom is -0.488 e. The van der Waals surface area contributed by atoms with Crippen LogP contribution in [0.1, 0.15) is 45.2 Å². The highest BCUT2D eigenvalue weighted by atomic mass is 19.1. The highest BCUT2D eigenvalue weighted by Crippen LogP contribution is 2.30. The van der Waals surface area contributed by atoms with Crippen LogP contribution < -0.4 is 10.5 Å². The Bertz CT molecular complexity index is 446. The first kappa shape index (κ1) is 14.3. The average molecular weight is 267 g/mol. The highest BCUT2D eigenvalue weighted by molar-refractivity contribution is 5.30. The molecule has 0 spiro atoms. The minimum atomic E-state index is -0.368. The maximum absolute atomic E-state index is 13.8. The van der Waals surface area contributed by atoms with Gasteiger partial charge in [0.15, 0.2) is 11.6 Å². The molecule has 106 valence electrons. The maximum Gasteiger partial charge on any atom is 0.165 e. The first-order valence-corrected chi connectivity index (χ1v) is 6.73. The first-order chi connectivity index (χ1) is 8.87. The van der Waals surface area contributed by atoms with Gasteiger partial charge in [0.25, 0.3) is 0 Å². The van der Waals surface area contributed by atoms with Crippen LogP contribution in [0.25, 0.3) is 0 Å². The van der Waals surface area contributed by atoms with Gasteiger partial charge < -0.3 is 15.2 Å². The molecule has 0 aliphatic carbocycles. The zero-order valence-corrected chi connectivity index (χ0v) is 11.8. The van der Waals surface area contributed by atoms with E-state index in [1.165, 1.54) is 6.07 Å². The molecular formula is C15H22FNO2.